The molecule has 2 heterocycles. The van der Waals surface area contributed by atoms with Crippen LogP contribution in [0.1, 0.15) is 58.8 Å². The van der Waals surface area contributed by atoms with Crippen LogP contribution in [0.4, 0.5) is 0 Å². The van der Waals surface area contributed by atoms with Gasteiger partial charge in [-0.2, -0.15) is 4.31 Å². The minimum atomic E-state index is -3.43. The molecule has 0 atom stereocenters. The molecule has 1 saturated heterocycles. The lowest BCUT2D eigenvalue weighted by Crippen LogP contribution is -2.28. The predicted octanol–water partition coefficient (Wildman–Crippen LogP) is 5.90. The highest BCUT2D eigenvalue weighted by molar-refractivity contribution is 7.93. The lowest BCUT2D eigenvalue weighted by Gasteiger charge is -2.15. The van der Waals surface area contributed by atoms with E-state index in [2.05, 4.69) is 11.9 Å². The smallest absolute Gasteiger partial charge is 0.238 e. The van der Waals surface area contributed by atoms with Gasteiger partial charge in [0.05, 0.1) is 18.4 Å². The lowest BCUT2D eigenvalue weighted by atomic mass is 10.1. The van der Waals surface area contributed by atoms with Crippen LogP contribution in [0.2, 0.25) is 0 Å². The molecule has 0 aliphatic carbocycles. The van der Waals surface area contributed by atoms with E-state index in [4.69, 9.17) is 9.15 Å². The van der Waals surface area contributed by atoms with E-state index in [9.17, 15) is 13.2 Å². The molecule has 3 rings (SSSR count). The maximum Gasteiger partial charge on any atom is 0.238 e. The molecule has 0 spiro atoms. The summed E-state index contributed by atoms with van der Waals surface area (Å²) in [5, 5.41) is 3.72. The topological polar surface area (TPSA) is 88.9 Å². The van der Waals surface area contributed by atoms with Crippen LogP contribution >= 0.6 is 0 Å². The van der Waals surface area contributed by atoms with Crippen LogP contribution in [0, 0.1) is 6.92 Å². The summed E-state index contributed by atoms with van der Waals surface area (Å²) in [6.07, 6.45) is 6.80. The molecule has 1 fully saturated rings. The molecule has 36 heavy (non-hydrogen) atoms. The number of carbonyl (C=O) groups is 1. The molecule has 2 aromatic rings. The van der Waals surface area contributed by atoms with Gasteiger partial charge in [0.2, 0.25) is 15.9 Å². The van der Waals surface area contributed by atoms with Crippen LogP contribution in [0.25, 0.3) is 11.0 Å². The molecule has 1 aliphatic heterocycles. The lowest BCUT2D eigenvalue weighted by molar-refractivity contribution is -0.120. The van der Waals surface area contributed by atoms with E-state index in [1.807, 2.05) is 52.8 Å². The molecule has 1 aromatic carbocycles. The number of ether oxygens (including phenoxy) is 1. The molecule has 0 unspecified atom stereocenters. The van der Waals surface area contributed by atoms with E-state index < -0.39 is 10.0 Å². The molecule has 1 N–H and O–H groups in total. The van der Waals surface area contributed by atoms with Crippen molar-refractivity contribution in [1.82, 2.24) is 9.62 Å². The summed E-state index contributed by atoms with van der Waals surface area (Å²) >= 11 is 0. The number of sulfonamides is 1. The second-order valence-electron chi connectivity index (χ2n) is 7.79. The Morgan fingerprint density at radius 3 is 2.39 bits per heavy atom. The highest BCUT2D eigenvalue weighted by atomic mass is 32.2. The Balaban J connectivity index is 0.00000154. The summed E-state index contributed by atoms with van der Waals surface area (Å²) in [5.74, 6) is 1.22. The first-order chi connectivity index (χ1) is 17.3. The van der Waals surface area contributed by atoms with E-state index in [0.29, 0.717) is 35.8 Å². The Labute approximate surface area is 216 Å². The molecular weight excluding hydrogens is 476 g/mol. The normalized spacial score (nSPS) is 14.4. The van der Waals surface area contributed by atoms with Gasteiger partial charge in [-0.3, -0.25) is 4.79 Å². The monoisotopic (exact) mass is 518 g/mol. The van der Waals surface area contributed by atoms with Gasteiger partial charge in [-0.25, -0.2) is 8.42 Å². The van der Waals surface area contributed by atoms with E-state index in [1.165, 1.54) is 4.31 Å². The number of nitrogens with one attached hydrogen (secondary N) is 1. The molecule has 200 valence electrons. The summed E-state index contributed by atoms with van der Waals surface area (Å²) in [6, 6.07) is 5.50. The largest absolute Gasteiger partial charge is 0.497 e. The summed E-state index contributed by atoms with van der Waals surface area (Å²) in [7, 11) is -1.84. The first-order valence-electron chi connectivity index (χ1n) is 12.6. The Morgan fingerprint density at radius 1 is 1.17 bits per heavy atom. The summed E-state index contributed by atoms with van der Waals surface area (Å²) < 4.78 is 37.7. The number of nitrogens with zero attached hydrogens (tertiary/aromatic N) is 1. The molecule has 1 amide bonds. The van der Waals surface area contributed by atoms with Crippen molar-refractivity contribution in [1.29, 1.82) is 0 Å². The average molecular weight is 519 g/mol. The van der Waals surface area contributed by atoms with Gasteiger partial charge in [0.15, 0.2) is 0 Å². The van der Waals surface area contributed by atoms with E-state index in [0.717, 1.165) is 23.8 Å². The molecule has 0 saturated carbocycles. The third-order valence-corrected chi connectivity index (χ3v) is 7.63. The van der Waals surface area contributed by atoms with Crippen LogP contribution in [0.15, 0.2) is 57.9 Å². The summed E-state index contributed by atoms with van der Waals surface area (Å²) in [4.78, 5) is 12.9. The van der Waals surface area contributed by atoms with Crippen LogP contribution in [-0.2, 0) is 21.2 Å². The number of carbonyl (C=O) groups excluding carboxylic acids is 1. The second kappa shape index (κ2) is 15.3. The van der Waals surface area contributed by atoms with Gasteiger partial charge < -0.3 is 14.5 Å². The number of furan rings is 1. The molecule has 1 aliphatic rings. The van der Waals surface area contributed by atoms with Gasteiger partial charge in [0.25, 0.3) is 0 Å². The van der Waals surface area contributed by atoms with Gasteiger partial charge in [-0.05, 0) is 56.5 Å². The standard InChI is InChI=1S/C24H30N2O5S.2C2H6/c1-5-19(9-8-17(2)32(28,29)26-12-6-7-13-26)16-25-24(27)15-21-18(3)31-23-11-10-20(30-4)14-22(21)23;2*1-2/h5,8-11,14H,1,6-7,12-13,15-16H2,2-4H3,(H,25,27);2*1-2H3/b17-8+,19-9+;;. The Hall–Kier alpha value is -2.84. The minimum Gasteiger partial charge on any atom is -0.497 e. The van der Waals surface area contributed by atoms with Crippen molar-refractivity contribution in [2.45, 2.75) is 60.8 Å². The van der Waals surface area contributed by atoms with Crippen molar-refractivity contribution in [3.05, 3.63) is 64.8 Å². The minimum absolute atomic E-state index is 0.161. The number of aryl methyl sites for hydroxylation is 1. The number of rotatable bonds is 9. The third kappa shape index (κ3) is 8.10. The third-order valence-electron chi connectivity index (χ3n) is 5.63. The highest BCUT2D eigenvalue weighted by Crippen LogP contribution is 2.29. The number of benzene rings is 1. The highest BCUT2D eigenvalue weighted by Gasteiger charge is 2.26. The fraction of sp³-hybridized carbons (Fsp3) is 0.464. The fourth-order valence-corrected chi connectivity index (χ4v) is 5.05. The fourth-order valence-electron chi connectivity index (χ4n) is 3.66. The zero-order valence-corrected chi connectivity index (χ0v) is 23.6. The summed E-state index contributed by atoms with van der Waals surface area (Å²) in [6.45, 7) is 16.6. The van der Waals surface area contributed by atoms with Crippen LogP contribution in [0.5, 0.6) is 5.75 Å². The molecule has 0 bridgehead atoms. The number of hydrogen-bond donors (Lipinski definition) is 1. The molecule has 1 aromatic heterocycles. The van der Waals surface area contributed by atoms with E-state index >= 15 is 0 Å². The van der Waals surface area contributed by atoms with E-state index in [-0.39, 0.29) is 23.8 Å². The van der Waals surface area contributed by atoms with Crippen LogP contribution in [0.3, 0.4) is 0 Å². The van der Waals surface area contributed by atoms with Crippen molar-refractivity contribution in [3.63, 3.8) is 0 Å². The first-order valence-corrected chi connectivity index (χ1v) is 14.0. The average Bonchev–Trinajstić information content (AvgIpc) is 3.55. The van der Waals surface area contributed by atoms with Crippen molar-refractivity contribution >= 4 is 26.9 Å². The quantitative estimate of drug-likeness (QED) is 0.417. The molecule has 7 nitrogen and oxygen atoms in total. The van der Waals surface area contributed by atoms with Gasteiger partial charge in [-0.15, -0.1) is 0 Å². The first kappa shape index (κ1) is 31.2. The van der Waals surface area contributed by atoms with E-state index in [1.54, 1.807) is 32.3 Å². The van der Waals surface area contributed by atoms with Crippen LogP contribution in [-0.4, -0.2) is 45.4 Å². The zero-order chi connectivity index (χ0) is 27.3. The molecule has 0 radical (unpaired) electrons. The second-order valence-corrected chi connectivity index (χ2v) is 9.90. The molecular formula is C28H42N2O5S. The van der Waals surface area contributed by atoms with Gasteiger partial charge in [0.1, 0.15) is 17.1 Å². The number of hydrogen-bond acceptors (Lipinski definition) is 5. The number of fused-ring (bicyclic) bond motifs is 1. The number of amides is 1. The zero-order valence-electron chi connectivity index (χ0n) is 22.8. The van der Waals surface area contributed by atoms with Gasteiger partial charge in [-0.1, -0.05) is 46.4 Å². The predicted molar refractivity (Wildman–Crippen MR) is 149 cm³/mol. The van der Waals surface area contributed by atoms with Crippen molar-refractivity contribution < 1.29 is 22.4 Å². The van der Waals surface area contributed by atoms with Crippen molar-refractivity contribution in [2.75, 3.05) is 26.7 Å². The molecule has 8 heteroatoms. The number of allylic oxidation sites excluding steroid dienone is 3. The van der Waals surface area contributed by atoms with Gasteiger partial charge >= 0.3 is 0 Å². The Kier molecular flexibility index (Phi) is 13.3. The maximum absolute atomic E-state index is 12.6. The van der Waals surface area contributed by atoms with Crippen molar-refractivity contribution in [2.24, 2.45) is 0 Å². The number of methoxy groups -OCH3 is 1. The SMILES string of the molecule is C=C/C(=C\C=C(/C)S(=O)(=O)N1CCCC1)CNC(=O)Cc1c(C)oc2ccc(OC)cc12.CC.CC. The van der Waals surface area contributed by atoms with Gasteiger partial charge in [0, 0.05) is 30.6 Å². The summed E-state index contributed by atoms with van der Waals surface area (Å²) in [5.41, 5.74) is 2.23. The maximum atomic E-state index is 12.6. The van der Waals surface area contributed by atoms with Crippen molar-refractivity contribution in [3.8, 4) is 5.75 Å². The van der Waals surface area contributed by atoms with Crippen LogP contribution < -0.4 is 10.1 Å². The Bertz CT molecular complexity index is 1170. The Morgan fingerprint density at radius 2 is 1.81 bits per heavy atom.